The summed E-state index contributed by atoms with van der Waals surface area (Å²) in [7, 11) is 2.19. The van der Waals surface area contributed by atoms with Gasteiger partial charge < -0.3 is 9.99 Å². The Bertz CT molecular complexity index is 3130. The van der Waals surface area contributed by atoms with E-state index in [4.69, 9.17) is 4.99 Å². The zero-order valence-corrected chi connectivity index (χ0v) is 38.5. The van der Waals surface area contributed by atoms with E-state index in [0.29, 0.717) is 24.3 Å². The van der Waals surface area contributed by atoms with Crippen LogP contribution in [0.2, 0.25) is 0 Å². The molecular weight excluding hydrogens is 801 g/mol. The normalized spacial score (nSPS) is 20.0. The summed E-state index contributed by atoms with van der Waals surface area (Å²) < 4.78 is 2.55. The third kappa shape index (κ3) is 7.44. The number of aromatic nitrogens is 1. The number of allylic oxidation sites excluding steroid dienone is 5. The maximum Gasteiger partial charge on any atom is 0.139 e. The van der Waals surface area contributed by atoms with Gasteiger partial charge in [-0.3, -0.25) is 4.99 Å². The predicted octanol–water partition coefficient (Wildman–Crippen LogP) is 14.5. The van der Waals surface area contributed by atoms with Gasteiger partial charge in [0, 0.05) is 30.1 Å². The molecule has 326 valence electrons. The van der Waals surface area contributed by atoms with E-state index in [2.05, 4.69) is 243 Å². The van der Waals surface area contributed by atoms with Crippen LogP contribution in [0.1, 0.15) is 61.4 Å². The molecule has 4 atom stereocenters. The first kappa shape index (κ1) is 41.7. The Hall–Kier alpha value is -7.01. The largest absolute Gasteiger partial charge is 0.310 e. The Balaban J connectivity index is 1.11. The molecule has 0 radical (unpaired) electrons. The van der Waals surface area contributed by atoms with E-state index in [1.807, 2.05) is 0 Å². The number of nitrogens with zero attached hydrogens (tertiary/aromatic N) is 3. The van der Waals surface area contributed by atoms with Crippen molar-refractivity contribution in [2.45, 2.75) is 45.6 Å². The highest BCUT2D eigenvalue weighted by Crippen LogP contribution is 2.57. The molecule has 1 heterocycles. The van der Waals surface area contributed by atoms with Crippen LogP contribution in [0, 0.1) is 23.7 Å². The zero-order valence-electron chi connectivity index (χ0n) is 38.5. The molecule has 4 nitrogen and oxygen atoms in total. The highest BCUT2D eigenvalue weighted by atomic mass is 15.5. The molecule has 0 saturated heterocycles. The molecule has 0 saturated carbocycles. The number of hydrogen-bond donors (Lipinski definition) is 1. The van der Waals surface area contributed by atoms with Crippen LogP contribution in [0.25, 0.3) is 49.8 Å². The van der Waals surface area contributed by atoms with Gasteiger partial charge in [-0.1, -0.05) is 197 Å². The molecule has 66 heavy (non-hydrogen) atoms. The van der Waals surface area contributed by atoms with Crippen LogP contribution < -0.4 is 5.43 Å². The smallest absolute Gasteiger partial charge is 0.139 e. The van der Waals surface area contributed by atoms with E-state index in [0.717, 1.165) is 18.8 Å². The van der Waals surface area contributed by atoms with Crippen LogP contribution >= 0.6 is 0 Å². The summed E-state index contributed by atoms with van der Waals surface area (Å²) >= 11 is 0. The topological polar surface area (TPSA) is 32.6 Å². The first-order valence-electron chi connectivity index (χ1n) is 23.9. The van der Waals surface area contributed by atoms with Crippen molar-refractivity contribution in [2.24, 2.45) is 28.7 Å². The molecule has 4 heteroatoms. The summed E-state index contributed by atoms with van der Waals surface area (Å²) in [6.07, 6.45) is 11.8. The number of amidine groups is 1. The van der Waals surface area contributed by atoms with Gasteiger partial charge in [0.2, 0.25) is 0 Å². The Morgan fingerprint density at radius 3 is 2.02 bits per heavy atom. The van der Waals surface area contributed by atoms with Gasteiger partial charge >= 0.3 is 0 Å². The minimum absolute atomic E-state index is 0.280. The van der Waals surface area contributed by atoms with E-state index >= 15 is 0 Å². The Morgan fingerprint density at radius 2 is 1.29 bits per heavy atom. The highest BCUT2D eigenvalue weighted by Gasteiger charge is 2.46. The summed E-state index contributed by atoms with van der Waals surface area (Å²) in [4.78, 5) is 5.40. The second kappa shape index (κ2) is 17.4. The molecule has 7 aromatic carbocycles. The van der Waals surface area contributed by atoms with E-state index < -0.39 is 5.41 Å². The number of hydrazine groups is 1. The van der Waals surface area contributed by atoms with Crippen LogP contribution in [0.15, 0.2) is 211 Å². The average Bonchev–Trinajstić information content (AvgIpc) is 3.83. The van der Waals surface area contributed by atoms with Gasteiger partial charge in [0.15, 0.2) is 0 Å². The van der Waals surface area contributed by atoms with E-state index in [9.17, 15) is 0 Å². The minimum Gasteiger partial charge on any atom is -0.310 e. The van der Waals surface area contributed by atoms with Crippen LogP contribution in [0.3, 0.4) is 0 Å². The number of nitrogens with one attached hydrogen (secondary N) is 1. The van der Waals surface area contributed by atoms with Gasteiger partial charge in [-0.15, -0.1) is 0 Å². The Morgan fingerprint density at radius 1 is 0.636 bits per heavy atom. The van der Waals surface area contributed by atoms with Crippen molar-refractivity contribution >= 4 is 33.3 Å². The van der Waals surface area contributed by atoms with Crippen molar-refractivity contribution in [3.63, 3.8) is 0 Å². The lowest BCUT2D eigenvalue weighted by Crippen LogP contribution is -2.44. The third-order valence-electron chi connectivity index (χ3n) is 14.6. The van der Waals surface area contributed by atoms with Crippen molar-refractivity contribution in [3.8, 4) is 22.3 Å². The molecular formula is C62H58N4. The molecule has 11 rings (SSSR count). The lowest BCUT2D eigenvalue weighted by atomic mass is 9.67. The first-order chi connectivity index (χ1) is 32.3. The molecule has 0 amide bonds. The summed E-state index contributed by atoms with van der Waals surface area (Å²) in [6.45, 7) is 8.60. The molecule has 4 unspecified atom stereocenters. The summed E-state index contributed by atoms with van der Waals surface area (Å²) in [5.41, 5.74) is 19.6. The van der Waals surface area contributed by atoms with Gasteiger partial charge in [0.05, 0.1) is 23.0 Å². The highest BCUT2D eigenvalue weighted by molar-refractivity contribution is 6.14. The first-order valence-corrected chi connectivity index (χ1v) is 23.9. The van der Waals surface area contributed by atoms with E-state index in [1.165, 1.54) is 89.6 Å². The monoisotopic (exact) mass is 858 g/mol. The number of aliphatic imine (C=N–C) groups is 1. The quantitative estimate of drug-likeness (QED) is 0.0643. The average molecular weight is 859 g/mol. The van der Waals surface area contributed by atoms with E-state index in [-0.39, 0.29) is 5.92 Å². The van der Waals surface area contributed by atoms with Crippen molar-refractivity contribution in [1.82, 2.24) is 15.0 Å². The number of fused-ring (bicyclic) bond motifs is 6. The third-order valence-corrected chi connectivity index (χ3v) is 14.6. The van der Waals surface area contributed by atoms with Crippen molar-refractivity contribution in [3.05, 3.63) is 234 Å². The van der Waals surface area contributed by atoms with E-state index in [1.54, 1.807) is 0 Å². The van der Waals surface area contributed by atoms with Crippen LogP contribution in [0.4, 0.5) is 0 Å². The van der Waals surface area contributed by atoms with Crippen molar-refractivity contribution in [1.29, 1.82) is 0 Å². The lowest BCUT2D eigenvalue weighted by molar-refractivity contribution is 0.195. The molecule has 0 aliphatic heterocycles. The SMILES string of the molecule is CC1C=C(n2c3cc(-c4ccccc4)ccc3c3cc4c(cc32)-c2ccccc2C4(c2ccccc2)c2ccccc2)C=C(/C(=N/Cc2ccccc2)NN(C)CC2CC(C)C=CC2C)C1. The summed E-state index contributed by atoms with van der Waals surface area (Å²) in [6, 6.07) is 64.9. The second-order valence-corrected chi connectivity index (χ2v) is 19.2. The van der Waals surface area contributed by atoms with Gasteiger partial charge in [0.25, 0.3) is 0 Å². The van der Waals surface area contributed by atoms with Crippen molar-refractivity contribution in [2.75, 3.05) is 13.6 Å². The zero-order chi connectivity index (χ0) is 44.8. The van der Waals surface area contributed by atoms with Crippen LogP contribution in [0.5, 0.6) is 0 Å². The van der Waals surface area contributed by atoms with Gasteiger partial charge in [0.1, 0.15) is 5.84 Å². The molecule has 3 aliphatic carbocycles. The lowest BCUT2D eigenvalue weighted by Gasteiger charge is -2.34. The predicted molar refractivity (Wildman–Crippen MR) is 277 cm³/mol. The molecule has 8 aromatic rings. The molecule has 0 bridgehead atoms. The standard InChI is InChI=1S/C62H58N4/c1-42-29-30-44(3)49(33-42)41-65(4)64-61(63-40-45-19-9-5-10-20-45)48-34-43(2)35-52(36-48)66-59-37-47(46-21-11-6-12-22-46)31-32-54(59)56-38-58-55(39-60(56)66)53-27-17-18-28-57(53)62(58,50-23-13-7-14-24-50)51-25-15-8-16-26-51/h5-32,35-39,42-44,49H,33-34,40-41H2,1-4H3,(H,63,64). The number of rotatable bonds is 10. The second-order valence-electron chi connectivity index (χ2n) is 19.2. The fraction of sp³-hybridized carbons (Fsp3) is 0.210. The molecule has 3 aliphatic rings. The Kier molecular flexibility index (Phi) is 11.0. The maximum absolute atomic E-state index is 5.40. The van der Waals surface area contributed by atoms with Crippen LogP contribution in [-0.4, -0.2) is 29.0 Å². The van der Waals surface area contributed by atoms with Crippen molar-refractivity contribution < 1.29 is 0 Å². The fourth-order valence-corrected chi connectivity index (χ4v) is 11.4. The summed E-state index contributed by atoms with van der Waals surface area (Å²) in [5.74, 6) is 2.92. The molecule has 1 N–H and O–H groups in total. The fourth-order valence-electron chi connectivity index (χ4n) is 11.4. The summed E-state index contributed by atoms with van der Waals surface area (Å²) in [5, 5.41) is 4.79. The van der Waals surface area contributed by atoms with Gasteiger partial charge in [-0.05, 0) is 116 Å². The molecule has 0 fully saturated rings. The number of hydrogen-bond acceptors (Lipinski definition) is 2. The molecule has 0 spiro atoms. The van der Waals surface area contributed by atoms with Crippen LogP contribution in [-0.2, 0) is 12.0 Å². The van der Waals surface area contributed by atoms with Gasteiger partial charge in [-0.25, -0.2) is 5.01 Å². The Labute approximate surface area is 390 Å². The minimum atomic E-state index is -0.488. The maximum atomic E-state index is 5.40. The van der Waals surface area contributed by atoms with Gasteiger partial charge in [-0.2, -0.15) is 0 Å². The number of benzene rings is 7. The molecule has 1 aromatic heterocycles.